The van der Waals surface area contributed by atoms with Gasteiger partial charge < -0.3 is 14.8 Å². The molecule has 8 nitrogen and oxygen atoms in total. The minimum Gasteiger partial charge on any atom is -0.486 e. The highest BCUT2D eigenvalue weighted by atomic mass is 32.2. The summed E-state index contributed by atoms with van der Waals surface area (Å²) in [5.74, 6) is 1.38. The molecule has 0 aromatic heterocycles. The third kappa shape index (κ3) is 4.75. The minimum atomic E-state index is -3.81. The first-order chi connectivity index (χ1) is 14.4. The SMILES string of the molecule is NS(=O)(=O)c1cccc(NC(=O)CCN2CCCC2c2ccc3c(c2)OCCO3)c1. The average Bonchev–Trinajstić information content (AvgIpc) is 3.20. The van der Waals surface area contributed by atoms with E-state index in [1.807, 2.05) is 12.1 Å². The average molecular weight is 432 g/mol. The highest BCUT2D eigenvalue weighted by Gasteiger charge is 2.27. The zero-order valence-corrected chi connectivity index (χ0v) is 17.4. The fourth-order valence-corrected chi connectivity index (χ4v) is 4.52. The predicted molar refractivity (Wildman–Crippen MR) is 112 cm³/mol. The fourth-order valence-electron chi connectivity index (χ4n) is 3.96. The van der Waals surface area contributed by atoms with E-state index in [0.717, 1.165) is 36.4 Å². The second-order valence-corrected chi connectivity index (χ2v) is 9.03. The number of ether oxygens (including phenoxy) is 2. The van der Waals surface area contributed by atoms with Crippen molar-refractivity contribution in [3.8, 4) is 11.5 Å². The number of carbonyl (C=O) groups is 1. The molecule has 2 aromatic carbocycles. The zero-order chi connectivity index (χ0) is 21.1. The largest absolute Gasteiger partial charge is 0.486 e. The topological polar surface area (TPSA) is 111 Å². The fraction of sp³-hybridized carbons (Fsp3) is 0.381. The molecule has 2 heterocycles. The van der Waals surface area contributed by atoms with Crippen molar-refractivity contribution >= 4 is 21.6 Å². The van der Waals surface area contributed by atoms with Gasteiger partial charge in [-0.2, -0.15) is 0 Å². The van der Waals surface area contributed by atoms with Crippen molar-refractivity contribution in [3.05, 3.63) is 48.0 Å². The number of fused-ring (bicyclic) bond motifs is 1. The van der Waals surface area contributed by atoms with E-state index in [4.69, 9.17) is 14.6 Å². The van der Waals surface area contributed by atoms with E-state index in [9.17, 15) is 13.2 Å². The van der Waals surface area contributed by atoms with Gasteiger partial charge in [0, 0.05) is 24.7 Å². The molecule has 2 aliphatic heterocycles. The van der Waals surface area contributed by atoms with Crippen LogP contribution >= 0.6 is 0 Å². The second-order valence-electron chi connectivity index (χ2n) is 7.47. The maximum Gasteiger partial charge on any atom is 0.238 e. The summed E-state index contributed by atoms with van der Waals surface area (Å²) in [4.78, 5) is 14.7. The van der Waals surface area contributed by atoms with Crippen molar-refractivity contribution in [2.24, 2.45) is 5.14 Å². The van der Waals surface area contributed by atoms with Crippen molar-refractivity contribution in [2.75, 3.05) is 31.6 Å². The van der Waals surface area contributed by atoms with Crippen LogP contribution in [0, 0.1) is 0 Å². The summed E-state index contributed by atoms with van der Waals surface area (Å²) in [5, 5.41) is 7.90. The Labute approximate surface area is 176 Å². The molecule has 4 rings (SSSR count). The summed E-state index contributed by atoms with van der Waals surface area (Å²) < 4.78 is 34.2. The van der Waals surface area contributed by atoms with Crippen LogP contribution in [-0.4, -0.2) is 45.5 Å². The number of primary sulfonamides is 1. The van der Waals surface area contributed by atoms with Crippen LogP contribution in [0.4, 0.5) is 5.69 Å². The van der Waals surface area contributed by atoms with E-state index in [1.165, 1.54) is 12.1 Å². The Morgan fingerprint density at radius 1 is 1.13 bits per heavy atom. The highest BCUT2D eigenvalue weighted by Crippen LogP contribution is 2.38. The normalized spacial score (nSPS) is 18.9. The standard InChI is InChI=1S/C21H25N3O5S/c22-30(26,27)17-4-1-3-16(14-17)23-21(25)8-10-24-9-2-5-18(24)15-6-7-19-20(13-15)29-12-11-28-19/h1,3-4,6-7,13-14,18H,2,5,8-12H2,(H,23,25)(H2,22,26,27). The van der Waals surface area contributed by atoms with Gasteiger partial charge in [0.1, 0.15) is 13.2 Å². The van der Waals surface area contributed by atoms with E-state index >= 15 is 0 Å². The molecular formula is C21H25N3O5S. The van der Waals surface area contributed by atoms with Crippen molar-refractivity contribution < 1.29 is 22.7 Å². The maximum atomic E-state index is 12.4. The Kier molecular flexibility index (Phi) is 5.94. The number of carbonyl (C=O) groups excluding carboxylic acids is 1. The molecule has 0 radical (unpaired) electrons. The summed E-state index contributed by atoms with van der Waals surface area (Å²) in [7, 11) is -3.81. The molecule has 1 unspecified atom stereocenters. The smallest absolute Gasteiger partial charge is 0.238 e. The molecular weight excluding hydrogens is 406 g/mol. The molecule has 0 aliphatic carbocycles. The summed E-state index contributed by atoms with van der Waals surface area (Å²) in [5.41, 5.74) is 1.58. The van der Waals surface area contributed by atoms with Gasteiger partial charge in [-0.15, -0.1) is 0 Å². The monoisotopic (exact) mass is 431 g/mol. The van der Waals surface area contributed by atoms with Gasteiger partial charge in [0.2, 0.25) is 15.9 Å². The van der Waals surface area contributed by atoms with Crippen LogP contribution in [0.1, 0.15) is 30.9 Å². The highest BCUT2D eigenvalue weighted by molar-refractivity contribution is 7.89. The van der Waals surface area contributed by atoms with Crippen molar-refractivity contribution in [1.82, 2.24) is 4.90 Å². The predicted octanol–water partition coefficient (Wildman–Crippen LogP) is 2.27. The Morgan fingerprint density at radius 3 is 2.73 bits per heavy atom. The molecule has 1 amide bonds. The van der Waals surface area contributed by atoms with Crippen molar-refractivity contribution in [1.29, 1.82) is 0 Å². The van der Waals surface area contributed by atoms with Gasteiger partial charge in [-0.3, -0.25) is 9.69 Å². The lowest BCUT2D eigenvalue weighted by Crippen LogP contribution is -2.28. The molecule has 1 saturated heterocycles. The number of likely N-dealkylation sites (tertiary alicyclic amines) is 1. The first-order valence-electron chi connectivity index (χ1n) is 9.96. The number of hydrogen-bond donors (Lipinski definition) is 2. The van der Waals surface area contributed by atoms with E-state index in [-0.39, 0.29) is 16.8 Å². The number of sulfonamides is 1. The number of hydrogen-bond acceptors (Lipinski definition) is 6. The lowest BCUT2D eigenvalue weighted by molar-refractivity contribution is -0.116. The van der Waals surface area contributed by atoms with Crippen molar-refractivity contribution in [2.45, 2.75) is 30.2 Å². The number of anilines is 1. The molecule has 1 atom stereocenters. The Balaban J connectivity index is 1.37. The number of benzene rings is 2. The third-order valence-electron chi connectivity index (χ3n) is 5.39. The van der Waals surface area contributed by atoms with Gasteiger partial charge in [0.15, 0.2) is 11.5 Å². The first-order valence-corrected chi connectivity index (χ1v) is 11.5. The Hall–Kier alpha value is -2.62. The van der Waals surface area contributed by atoms with Crippen LogP contribution in [0.5, 0.6) is 11.5 Å². The van der Waals surface area contributed by atoms with Crippen molar-refractivity contribution in [3.63, 3.8) is 0 Å². The van der Waals surface area contributed by atoms with E-state index in [1.54, 1.807) is 12.1 Å². The van der Waals surface area contributed by atoms with E-state index in [0.29, 0.717) is 31.9 Å². The summed E-state index contributed by atoms with van der Waals surface area (Å²) in [6.45, 7) is 2.65. The zero-order valence-electron chi connectivity index (χ0n) is 16.5. The summed E-state index contributed by atoms with van der Waals surface area (Å²) >= 11 is 0. The lowest BCUT2D eigenvalue weighted by atomic mass is 10.0. The lowest BCUT2D eigenvalue weighted by Gasteiger charge is -2.26. The molecule has 3 N–H and O–H groups in total. The van der Waals surface area contributed by atoms with Gasteiger partial charge in [-0.05, 0) is 55.3 Å². The van der Waals surface area contributed by atoms with Gasteiger partial charge in [-0.1, -0.05) is 12.1 Å². The van der Waals surface area contributed by atoms with Crippen LogP contribution < -0.4 is 19.9 Å². The quantitative estimate of drug-likeness (QED) is 0.726. The second kappa shape index (κ2) is 8.63. The molecule has 160 valence electrons. The maximum absolute atomic E-state index is 12.4. The van der Waals surface area contributed by atoms with Crippen LogP contribution in [0.3, 0.4) is 0 Å². The Bertz CT molecular complexity index is 1040. The molecule has 0 saturated carbocycles. The number of nitrogens with zero attached hydrogens (tertiary/aromatic N) is 1. The van der Waals surface area contributed by atoms with Gasteiger partial charge in [0.05, 0.1) is 4.90 Å². The molecule has 9 heteroatoms. The van der Waals surface area contributed by atoms with Crippen LogP contribution in [0.25, 0.3) is 0 Å². The molecule has 1 fully saturated rings. The number of amides is 1. The van der Waals surface area contributed by atoms with Crippen LogP contribution in [0.15, 0.2) is 47.4 Å². The van der Waals surface area contributed by atoms with Crippen LogP contribution in [0.2, 0.25) is 0 Å². The number of rotatable bonds is 6. The van der Waals surface area contributed by atoms with E-state index < -0.39 is 10.0 Å². The summed E-state index contributed by atoms with van der Waals surface area (Å²) in [6, 6.07) is 12.2. The van der Waals surface area contributed by atoms with Gasteiger partial charge in [-0.25, -0.2) is 13.6 Å². The number of nitrogens with one attached hydrogen (secondary N) is 1. The molecule has 2 aromatic rings. The minimum absolute atomic E-state index is 0.0292. The van der Waals surface area contributed by atoms with Gasteiger partial charge in [0.25, 0.3) is 0 Å². The number of nitrogens with two attached hydrogens (primary N) is 1. The van der Waals surface area contributed by atoms with Crippen LogP contribution in [-0.2, 0) is 14.8 Å². The Morgan fingerprint density at radius 2 is 1.93 bits per heavy atom. The summed E-state index contributed by atoms with van der Waals surface area (Å²) in [6.07, 6.45) is 2.40. The molecule has 0 spiro atoms. The van der Waals surface area contributed by atoms with Gasteiger partial charge >= 0.3 is 0 Å². The van der Waals surface area contributed by atoms with E-state index in [2.05, 4.69) is 16.3 Å². The molecule has 0 bridgehead atoms. The first kappa shape index (κ1) is 20.6. The molecule has 30 heavy (non-hydrogen) atoms. The molecule has 2 aliphatic rings. The third-order valence-corrected chi connectivity index (χ3v) is 6.30.